The van der Waals surface area contributed by atoms with Crippen LogP contribution in [0.3, 0.4) is 0 Å². The smallest absolute Gasteiger partial charge is 0.264 e. The number of phenolic OH excluding ortho intramolecular Hbond substituents is 1. The van der Waals surface area contributed by atoms with E-state index in [1.165, 1.54) is 50.3 Å². The van der Waals surface area contributed by atoms with E-state index in [0.29, 0.717) is 23.2 Å². The summed E-state index contributed by atoms with van der Waals surface area (Å²) in [6.45, 7) is 0.566. The summed E-state index contributed by atoms with van der Waals surface area (Å²) in [6, 6.07) is 4.23. The van der Waals surface area contributed by atoms with Crippen molar-refractivity contribution in [2.75, 3.05) is 12.9 Å². The maximum Gasteiger partial charge on any atom is 0.264 e. The Morgan fingerprint density at radius 3 is 2.74 bits per heavy atom. The van der Waals surface area contributed by atoms with Gasteiger partial charge in [0, 0.05) is 5.56 Å². The van der Waals surface area contributed by atoms with Gasteiger partial charge in [0.1, 0.15) is 0 Å². The summed E-state index contributed by atoms with van der Waals surface area (Å²) in [5.41, 5.74) is 1.17. The number of fused-ring (bicyclic) bond motifs is 1. The van der Waals surface area contributed by atoms with Crippen LogP contribution in [0.25, 0.3) is 0 Å². The molecule has 2 bridgehead atoms. The monoisotopic (exact) mass is 391 g/mol. The molecule has 5 atom stereocenters. The third-order valence-electron chi connectivity index (χ3n) is 7.91. The number of aromatic hydroxyl groups is 1. The van der Waals surface area contributed by atoms with Crippen molar-refractivity contribution in [2.24, 2.45) is 28.6 Å². The van der Waals surface area contributed by atoms with Crippen LogP contribution in [-0.2, 0) is 10.0 Å². The zero-order valence-corrected chi connectivity index (χ0v) is 16.2. The van der Waals surface area contributed by atoms with E-state index in [1.807, 2.05) is 4.72 Å². The molecular formula is C20H25NO5S. The molecule has 6 nitrogen and oxygen atoms in total. The SMILES string of the molecule is CS(=O)(=O)NC(=O)c1ccc(OCCC23CC4CC5CC(C2)C53C4)c(O)c1. The second-order valence-corrected chi connectivity index (χ2v) is 10.9. The largest absolute Gasteiger partial charge is 0.504 e. The molecule has 4 aliphatic rings. The lowest BCUT2D eigenvalue weighted by atomic mass is 9.31. The van der Waals surface area contributed by atoms with E-state index < -0.39 is 15.9 Å². The van der Waals surface area contributed by atoms with E-state index in [1.54, 1.807) is 0 Å². The average Bonchev–Trinajstić information content (AvgIpc) is 3.03. The van der Waals surface area contributed by atoms with Crippen molar-refractivity contribution in [1.29, 1.82) is 0 Å². The first-order valence-electron chi connectivity index (χ1n) is 9.70. The summed E-state index contributed by atoms with van der Waals surface area (Å²) in [4.78, 5) is 11.9. The number of nitrogens with one attached hydrogen (secondary N) is 1. The van der Waals surface area contributed by atoms with E-state index in [4.69, 9.17) is 4.74 Å². The number of amides is 1. The van der Waals surface area contributed by atoms with Gasteiger partial charge < -0.3 is 9.84 Å². The minimum atomic E-state index is -3.64. The molecule has 4 fully saturated rings. The predicted octanol–water partition coefficient (Wildman–Crippen LogP) is 2.68. The maximum absolute atomic E-state index is 11.9. The Balaban J connectivity index is 1.22. The highest BCUT2D eigenvalue weighted by Crippen LogP contribution is 2.87. The molecule has 5 rings (SSSR count). The highest BCUT2D eigenvalue weighted by molar-refractivity contribution is 7.89. The van der Waals surface area contributed by atoms with Crippen LogP contribution in [0, 0.1) is 28.6 Å². The maximum atomic E-state index is 11.9. The van der Waals surface area contributed by atoms with Crippen LogP contribution in [0.4, 0.5) is 0 Å². The molecule has 2 N–H and O–H groups in total. The summed E-state index contributed by atoms with van der Waals surface area (Å²) in [7, 11) is -3.64. The Morgan fingerprint density at radius 1 is 1.26 bits per heavy atom. The number of phenols is 1. The van der Waals surface area contributed by atoms with Crippen LogP contribution in [-0.4, -0.2) is 32.3 Å². The van der Waals surface area contributed by atoms with Crippen molar-refractivity contribution >= 4 is 15.9 Å². The van der Waals surface area contributed by atoms with E-state index in [-0.39, 0.29) is 11.3 Å². The fourth-order valence-electron chi connectivity index (χ4n) is 7.20. The average molecular weight is 391 g/mol. The first kappa shape index (κ1) is 17.3. The number of carbonyl (C=O) groups is 1. The van der Waals surface area contributed by atoms with Gasteiger partial charge in [-0.3, -0.25) is 4.79 Å². The Labute approximate surface area is 159 Å². The number of ether oxygens (including phenoxy) is 1. The molecule has 1 aromatic carbocycles. The van der Waals surface area contributed by atoms with Crippen LogP contribution in [0.15, 0.2) is 18.2 Å². The van der Waals surface area contributed by atoms with Gasteiger partial charge in [-0.15, -0.1) is 0 Å². The highest BCUT2D eigenvalue weighted by Gasteiger charge is 2.79. The lowest BCUT2D eigenvalue weighted by Crippen LogP contribution is -2.66. The van der Waals surface area contributed by atoms with Crippen LogP contribution >= 0.6 is 0 Å². The second-order valence-electron chi connectivity index (χ2n) is 9.15. The first-order valence-corrected chi connectivity index (χ1v) is 11.6. The van der Waals surface area contributed by atoms with Gasteiger partial charge in [0.05, 0.1) is 12.9 Å². The standard InChI is InChI=1S/C20H25NO5S/c1-27(24,25)21-18(23)13-2-3-17(16(22)7-13)26-5-4-19-9-12-6-14-8-15(11-19)20(14,19)10-12/h2-3,7,12,14-15,22H,4-6,8-11H2,1H3,(H,21,23). The van der Waals surface area contributed by atoms with E-state index in [2.05, 4.69) is 0 Å². The molecule has 4 aliphatic carbocycles. The summed E-state index contributed by atoms with van der Waals surface area (Å²) >= 11 is 0. The van der Waals surface area contributed by atoms with Crippen LogP contribution in [0.2, 0.25) is 0 Å². The summed E-state index contributed by atoms with van der Waals surface area (Å²) < 4.78 is 30.0. The highest BCUT2D eigenvalue weighted by atomic mass is 32.2. The van der Waals surface area contributed by atoms with Gasteiger partial charge in [0.2, 0.25) is 10.0 Å². The van der Waals surface area contributed by atoms with Gasteiger partial charge in [-0.1, -0.05) is 0 Å². The van der Waals surface area contributed by atoms with Crippen molar-refractivity contribution in [1.82, 2.24) is 4.72 Å². The van der Waals surface area contributed by atoms with E-state index >= 15 is 0 Å². The molecular weight excluding hydrogens is 366 g/mol. The topological polar surface area (TPSA) is 92.7 Å². The van der Waals surface area contributed by atoms with Crippen LogP contribution < -0.4 is 9.46 Å². The molecule has 1 spiro atoms. The van der Waals surface area contributed by atoms with Crippen molar-refractivity contribution in [3.05, 3.63) is 23.8 Å². The molecule has 1 amide bonds. The summed E-state index contributed by atoms with van der Waals surface area (Å²) in [5, 5.41) is 10.2. The molecule has 4 saturated carbocycles. The Kier molecular flexibility index (Phi) is 3.47. The zero-order chi connectivity index (χ0) is 19.0. The lowest BCUT2D eigenvalue weighted by Gasteiger charge is -2.73. The molecule has 5 unspecified atom stereocenters. The fourth-order valence-corrected chi connectivity index (χ4v) is 7.66. The molecule has 0 heterocycles. The second kappa shape index (κ2) is 5.40. The predicted molar refractivity (Wildman–Crippen MR) is 98.9 cm³/mol. The van der Waals surface area contributed by atoms with Crippen LogP contribution in [0.1, 0.15) is 48.9 Å². The lowest BCUT2D eigenvalue weighted by molar-refractivity contribution is -0.248. The first-order chi connectivity index (χ1) is 12.7. The van der Waals surface area contributed by atoms with Gasteiger partial charge in [0.15, 0.2) is 11.5 Å². The van der Waals surface area contributed by atoms with Crippen LogP contribution in [0.5, 0.6) is 11.5 Å². The van der Waals surface area contributed by atoms with Crippen molar-refractivity contribution in [2.45, 2.75) is 38.5 Å². The molecule has 0 aliphatic heterocycles. The molecule has 0 radical (unpaired) electrons. The fraction of sp³-hybridized carbons (Fsp3) is 0.650. The molecule has 27 heavy (non-hydrogen) atoms. The number of benzene rings is 1. The molecule has 146 valence electrons. The van der Waals surface area contributed by atoms with Crippen molar-refractivity contribution < 1.29 is 23.1 Å². The Morgan fingerprint density at radius 2 is 2.07 bits per heavy atom. The Bertz CT molecular complexity index is 928. The van der Waals surface area contributed by atoms with E-state index in [0.717, 1.165) is 30.4 Å². The van der Waals surface area contributed by atoms with Gasteiger partial charge in [-0.2, -0.15) is 0 Å². The molecule has 0 saturated heterocycles. The van der Waals surface area contributed by atoms with Crippen molar-refractivity contribution in [3.8, 4) is 11.5 Å². The quantitative estimate of drug-likeness (QED) is 0.778. The van der Waals surface area contributed by atoms with Gasteiger partial charge in [-0.25, -0.2) is 13.1 Å². The molecule has 1 aromatic rings. The zero-order valence-electron chi connectivity index (χ0n) is 15.4. The normalized spacial score (nSPS) is 37.9. The van der Waals surface area contributed by atoms with Gasteiger partial charge in [0.25, 0.3) is 5.91 Å². The minimum Gasteiger partial charge on any atom is -0.504 e. The van der Waals surface area contributed by atoms with Crippen molar-refractivity contribution in [3.63, 3.8) is 0 Å². The number of sulfonamides is 1. The summed E-state index contributed by atoms with van der Waals surface area (Å²) in [5.74, 6) is 2.25. The molecule has 7 heteroatoms. The Hall–Kier alpha value is -1.76. The third kappa shape index (κ3) is 2.36. The summed E-state index contributed by atoms with van der Waals surface area (Å²) in [6.07, 6.45) is 8.95. The third-order valence-corrected chi connectivity index (χ3v) is 8.47. The number of hydrogen-bond acceptors (Lipinski definition) is 5. The number of rotatable bonds is 6. The van der Waals surface area contributed by atoms with Gasteiger partial charge >= 0.3 is 0 Å². The number of carbonyl (C=O) groups excluding carboxylic acids is 1. The minimum absolute atomic E-state index is 0.0787. The number of hydrogen-bond donors (Lipinski definition) is 2. The van der Waals surface area contributed by atoms with E-state index in [9.17, 15) is 18.3 Å². The van der Waals surface area contributed by atoms with Gasteiger partial charge in [-0.05, 0) is 85.3 Å². The molecule has 0 aromatic heterocycles.